The van der Waals surface area contributed by atoms with Gasteiger partial charge in [0.05, 0.1) is 6.67 Å². The van der Waals surface area contributed by atoms with Crippen LogP contribution in [-0.2, 0) is 4.74 Å². The molecule has 4 heteroatoms. The molecule has 2 saturated heterocycles. The molecule has 0 aromatic heterocycles. The molecule has 17 heavy (non-hydrogen) atoms. The summed E-state index contributed by atoms with van der Waals surface area (Å²) in [5, 5.41) is 3.63. The number of nitrogens with one attached hydrogen (secondary N) is 1. The molecule has 2 aliphatic rings. The number of hydrogen-bond donors (Lipinski definition) is 1. The Morgan fingerprint density at radius 2 is 2.00 bits per heavy atom. The molecule has 0 aromatic rings. The van der Waals surface area contributed by atoms with Crippen LogP contribution in [0.15, 0.2) is 0 Å². The molecule has 0 saturated carbocycles. The second kappa shape index (κ2) is 4.84. The monoisotopic (exact) mass is 241 g/mol. The molecule has 2 aliphatic heterocycles. The van der Waals surface area contributed by atoms with E-state index in [1.165, 1.54) is 13.0 Å². The lowest BCUT2D eigenvalue weighted by Gasteiger charge is -2.51. The minimum atomic E-state index is 0.256. The zero-order valence-electron chi connectivity index (χ0n) is 11.9. The van der Waals surface area contributed by atoms with Crippen LogP contribution in [-0.4, -0.2) is 61.5 Å². The SMILES string of the molecule is COC1C2CN(C(C)(C)C)CCC2NCN1C. The number of nitrogens with zero attached hydrogens (tertiary/aromatic N) is 2. The summed E-state index contributed by atoms with van der Waals surface area (Å²) in [5.74, 6) is 0.576. The van der Waals surface area contributed by atoms with Crippen LogP contribution < -0.4 is 5.32 Å². The minimum Gasteiger partial charge on any atom is -0.366 e. The van der Waals surface area contributed by atoms with Crippen LogP contribution in [0.5, 0.6) is 0 Å². The molecule has 0 aliphatic carbocycles. The topological polar surface area (TPSA) is 27.7 Å². The second-order valence-corrected chi connectivity index (χ2v) is 6.42. The first-order valence-electron chi connectivity index (χ1n) is 6.65. The molecule has 0 spiro atoms. The summed E-state index contributed by atoms with van der Waals surface area (Å²) in [5.41, 5.74) is 0.263. The lowest BCUT2D eigenvalue weighted by molar-refractivity contribution is -0.123. The number of hydrogen-bond acceptors (Lipinski definition) is 4. The summed E-state index contributed by atoms with van der Waals surface area (Å²) in [6, 6.07) is 0.620. The number of rotatable bonds is 1. The average molecular weight is 241 g/mol. The third kappa shape index (κ3) is 2.65. The van der Waals surface area contributed by atoms with Crippen LogP contribution >= 0.6 is 0 Å². The van der Waals surface area contributed by atoms with Crippen LogP contribution in [0.4, 0.5) is 0 Å². The Hall–Kier alpha value is -0.160. The number of piperidine rings is 1. The summed E-state index contributed by atoms with van der Waals surface area (Å²) in [6.07, 6.45) is 1.49. The predicted octanol–water partition coefficient (Wildman–Crippen LogP) is 0.940. The van der Waals surface area contributed by atoms with Gasteiger partial charge in [0.1, 0.15) is 6.23 Å². The van der Waals surface area contributed by atoms with Gasteiger partial charge in [-0.05, 0) is 34.2 Å². The van der Waals surface area contributed by atoms with Crippen molar-refractivity contribution in [3.8, 4) is 0 Å². The van der Waals surface area contributed by atoms with Gasteiger partial charge < -0.3 is 10.1 Å². The highest BCUT2D eigenvalue weighted by Gasteiger charge is 2.42. The van der Waals surface area contributed by atoms with Gasteiger partial charge >= 0.3 is 0 Å². The van der Waals surface area contributed by atoms with Crippen molar-refractivity contribution in [2.45, 2.75) is 45.0 Å². The standard InChI is InChI=1S/C13H27N3O/c1-13(2,3)16-7-6-11-10(8-16)12(17-5)15(4)9-14-11/h10-12,14H,6-9H2,1-5H3. The van der Waals surface area contributed by atoms with Crippen molar-refractivity contribution in [3.05, 3.63) is 0 Å². The van der Waals surface area contributed by atoms with E-state index in [9.17, 15) is 0 Å². The second-order valence-electron chi connectivity index (χ2n) is 6.42. The normalized spacial score (nSPS) is 36.9. The fourth-order valence-corrected chi connectivity index (χ4v) is 3.17. The molecular weight excluding hydrogens is 214 g/mol. The van der Waals surface area contributed by atoms with Crippen molar-refractivity contribution in [1.82, 2.24) is 15.1 Å². The maximum absolute atomic E-state index is 5.69. The Labute approximate surface area is 105 Å². The third-order valence-corrected chi connectivity index (χ3v) is 4.25. The van der Waals surface area contributed by atoms with Crippen LogP contribution in [0.1, 0.15) is 27.2 Å². The zero-order valence-corrected chi connectivity index (χ0v) is 11.9. The predicted molar refractivity (Wildman–Crippen MR) is 69.8 cm³/mol. The van der Waals surface area contributed by atoms with Gasteiger partial charge in [0.25, 0.3) is 0 Å². The average Bonchev–Trinajstić information content (AvgIpc) is 2.27. The maximum atomic E-state index is 5.69. The zero-order chi connectivity index (χ0) is 12.6. The van der Waals surface area contributed by atoms with Crippen LogP contribution in [0, 0.1) is 5.92 Å². The van der Waals surface area contributed by atoms with Crippen LogP contribution in [0.3, 0.4) is 0 Å². The van der Waals surface area contributed by atoms with Crippen molar-refractivity contribution in [2.24, 2.45) is 5.92 Å². The van der Waals surface area contributed by atoms with Crippen molar-refractivity contribution < 1.29 is 4.74 Å². The molecule has 2 fully saturated rings. The Bertz CT molecular complexity index is 264. The van der Waals surface area contributed by atoms with Gasteiger partial charge in [0.15, 0.2) is 0 Å². The first kappa shape index (κ1) is 13.3. The third-order valence-electron chi connectivity index (χ3n) is 4.25. The van der Waals surface area contributed by atoms with E-state index in [0.29, 0.717) is 12.0 Å². The molecule has 100 valence electrons. The van der Waals surface area contributed by atoms with Crippen LogP contribution in [0.2, 0.25) is 0 Å². The van der Waals surface area contributed by atoms with E-state index in [1.54, 1.807) is 0 Å². The maximum Gasteiger partial charge on any atom is 0.116 e. The molecule has 0 amide bonds. The molecule has 3 atom stereocenters. The minimum absolute atomic E-state index is 0.256. The summed E-state index contributed by atoms with van der Waals surface area (Å²) in [4.78, 5) is 4.86. The quantitative estimate of drug-likeness (QED) is 0.739. The van der Waals surface area contributed by atoms with E-state index in [4.69, 9.17) is 4.74 Å². The number of fused-ring (bicyclic) bond motifs is 1. The molecule has 2 heterocycles. The van der Waals surface area contributed by atoms with Gasteiger partial charge in [-0.2, -0.15) is 0 Å². The van der Waals surface area contributed by atoms with Crippen molar-refractivity contribution in [3.63, 3.8) is 0 Å². The Morgan fingerprint density at radius 3 is 2.59 bits per heavy atom. The summed E-state index contributed by atoms with van der Waals surface area (Å²) < 4.78 is 5.69. The van der Waals surface area contributed by atoms with Crippen LogP contribution in [0.25, 0.3) is 0 Å². The molecule has 0 bridgehead atoms. The lowest BCUT2D eigenvalue weighted by atomic mass is 9.86. The smallest absolute Gasteiger partial charge is 0.116 e. The highest BCUT2D eigenvalue weighted by Crippen LogP contribution is 2.30. The fraction of sp³-hybridized carbons (Fsp3) is 1.00. The van der Waals surface area contributed by atoms with E-state index in [2.05, 4.69) is 42.9 Å². The van der Waals surface area contributed by atoms with E-state index in [1.807, 2.05) is 7.11 Å². The molecule has 0 radical (unpaired) electrons. The highest BCUT2D eigenvalue weighted by molar-refractivity contribution is 4.95. The first-order chi connectivity index (χ1) is 7.93. The van der Waals surface area contributed by atoms with Gasteiger partial charge in [-0.15, -0.1) is 0 Å². The highest BCUT2D eigenvalue weighted by atomic mass is 16.5. The Morgan fingerprint density at radius 1 is 1.29 bits per heavy atom. The van der Waals surface area contributed by atoms with Gasteiger partial charge in [-0.3, -0.25) is 9.80 Å². The van der Waals surface area contributed by atoms with E-state index in [0.717, 1.165) is 13.2 Å². The summed E-state index contributed by atoms with van der Waals surface area (Å²) in [6.45, 7) is 10.2. The number of methoxy groups -OCH3 is 1. The lowest BCUT2D eigenvalue weighted by Crippen LogP contribution is -2.65. The summed E-state index contributed by atoms with van der Waals surface area (Å²) >= 11 is 0. The van der Waals surface area contributed by atoms with Crippen molar-refractivity contribution in [2.75, 3.05) is 33.9 Å². The van der Waals surface area contributed by atoms with E-state index in [-0.39, 0.29) is 11.8 Å². The van der Waals surface area contributed by atoms with Gasteiger partial charge in [-0.1, -0.05) is 0 Å². The molecule has 0 aromatic carbocycles. The fourth-order valence-electron chi connectivity index (χ4n) is 3.17. The molecule has 3 unspecified atom stereocenters. The number of likely N-dealkylation sites (tertiary alicyclic amines) is 1. The van der Waals surface area contributed by atoms with Gasteiger partial charge in [0, 0.05) is 37.7 Å². The Kier molecular flexibility index (Phi) is 3.78. The van der Waals surface area contributed by atoms with E-state index < -0.39 is 0 Å². The van der Waals surface area contributed by atoms with E-state index >= 15 is 0 Å². The van der Waals surface area contributed by atoms with Gasteiger partial charge in [-0.25, -0.2) is 0 Å². The number of ether oxygens (including phenoxy) is 1. The summed E-state index contributed by atoms with van der Waals surface area (Å²) in [7, 11) is 3.97. The van der Waals surface area contributed by atoms with Crippen molar-refractivity contribution >= 4 is 0 Å². The molecular formula is C13H27N3O. The molecule has 1 N–H and O–H groups in total. The molecule has 2 rings (SSSR count). The molecule has 4 nitrogen and oxygen atoms in total. The van der Waals surface area contributed by atoms with Crippen molar-refractivity contribution in [1.29, 1.82) is 0 Å². The largest absolute Gasteiger partial charge is 0.366 e. The van der Waals surface area contributed by atoms with Gasteiger partial charge in [0.2, 0.25) is 0 Å². The Balaban J connectivity index is 2.08. The first-order valence-corrected chi connectivity index (χ1v) is 6.65.